The SMILES string of the molecule is CC(C)(C)NCC1CC1c1ccnc2ccccc12. The third-order valence-electron chi connectivity index (χ3n) is 3.90. The van der Waals surface area contributed by atoms with E-state index < -0.39 is 0 Å². The highest BCUT2D eigenvalue weighted by Gasteiger charge is 2.39. The fourth-order valence-corrected chi connectivity index (χ4v) is 2.73. The molecule has 1 fully saturated rings. The maximum atomic E-state index is 4.45. The minimum Gasteiger partial charge on any atom is -0.312 e. The number of fused-ring (bicyclic) bond motifs is 1. The van der Waals surface area contributed by atoms with E-state index in [0.717, 1.165) is 18.0 Å². The van der Waals surface area contributed by atoms with E-state index in [2.05, 4.69) is 61.4 Å². The molecule has 1 saturated carbocycles. The van der Waals surface area contributed by atoms with Gasteiger partial charge in [-0.05, 0) is 63.3 Å². The first kappa shape index (κ1) is 12.6. The second-order valence-corrected chi connectivity index (χ2v) is 6.65. The van der Waals surface area contributed by atoms with E-state index in [1.54, 1.807) is 0 Å². The van der Waals surface area contributed by atoms with Crippen LogP contribution in [0.15, 0.2) is 36.5 Å². The molecular formula is C17H22N2. The quantitative estimate of drug-likeness (QED) is 0.903. The van der Waals surface area contributed by atoms with Gasteiger partial charge in [-0.15, -0.1) is 0 Å². The summed E-state index contributed by atoms with van der Waals surface area (Å²) in [4.78, 5) is 4.45. The van der Waals surface area contributed by atoms with Gasteiger partial charge in [0.15, 0.2) is 0 Å². The molecule has 2 heteroatoms. The van der Waals surface area contributed by atoms with Crippen LogP contribution < -0.4 is 5.32 Å². The summed E-state index contributed by atoms with van der Waals surface area (Å²) in [6.07, 6.45) is 3.25. The molecule has 1 aromatic heterocycles. The number of nitrogens with zero attached hydrogens (tertiary/aromatic N) is 1. The summed E-state index contributed by atoms with van der Waals surface area (Å²) < 4.78 is 0. The Morgan fingerprint density at radius 2 is 2.00 bits per heavy atom. The Labute approximate surface area is 115 Å². The molecule has 0 bridgehead atoms. The summed E-state index contributed by atoms with van der Waals surface area (Å²) in [5.74, 6) is 1.49. The van der Waals surface area contributed by atoms with Crippen LogP contribution in [0.25, 0.3) is 10.9 Å². The number of rotatable bonds is 3. The number of hydrogen-bond acceptors (Lipinski definition) is 2. The molecule has 1 heterocycles. The van der Waals surface area contributed by atoms with Crippen molar-refractivity contribution in [1.82, 2.24) is 10.3 Å². The lowest BCUT2D eigenvalue weighted by atomic mass is 10.0. The molecule has 0 spiro atoms. The van der Waals surface area contributed by atoms with Crippen molar-refractivity contribution < 1.29 is 0 Å². The van der Waals surface area contributed by atoms with E-state index in [1.165, 1.54) is 17.4 Å². The summed E-state index contributed by atoms with van der Waals surface area (Å²) in [5, 5.41) is 4.94. The molecule has 1 N–H and O–H groups in total. The van der Waals surface area contributed by atoms with Crippen molar-refractivity contribution in [2.24, 2.45) is 5.92 Å². The molecule has 0 radical (unpaired) electrons. The van der Waals surface area contributed by atoms with E-state index >= 15 is 0 Å². The van der Waals surface area contributed by atoms with Crippen molar-refractivity contribution in [3.05, 3.63) is 42.1 Å². The zero-order valence-corrected chi connectivity index (χ0v) is 12.0. The van der Waals surface area contributed by atoms with Crippen molar-refractivity contribution in [1.29, 1.82) is 0 Å². The van der Waals surface area contributed by atoms with Gasteiger partial charge < -0.3 is 5.32 Å². The van der Waals surface area contributed by atoms with Crippen LogP contribution in [-0.2, 0) is 0 Å². The normalized spacial score (nSPS) is 22.7. The molecule has 3 rings (SSSR count). The molecule has 1 aliphatic rings. The first-order chi connectivity index (χ1) is 9.04. The number of aromatic nitrogens is 1. The molecule has 0 aliphatic heterocycles. The van der Waals surface area contributed by atoms with Gasteiger partial charge in [-0.25, -0.2) is 0 Å². The number of hydrogen-bond donors (Lipinski definition) is 1. The van der Waals surface area contributed by atoms with E-state index in [1.807, 2.05) is 6.20 Å². The smallest absolute Gasteiger partial charge is 0.0704 e. The summed E-state index contributed by atoms with van der Waals surface area (Å²) in [6.45, 7) is 7.80. The van der Waals surface area contributed by atoms with Crippen molar-refractivity contribution in [3.63, 3.8) is 0 Å². The van der Waals surface area contributed by atoms with Crippen LogP contribution >= 0.6 is 0 Å². The van der Waals surface area contributed by atoms with Crippen LogP contribution in [0.2, 0.25) is 0 Å². The third-order valence-corrected chi connectivity index (χ3v) is 3.90. The van der Waals surface area contributed by atoms with Gasteiger partial charge in [-0.3, -0.25) is 4.98 Å². The summed E-state index contributed by atoms with van der Waals surface area (Å²) in [5.41, 5.74) is 2.81. The predicted molar refractivity (Wildman–Crippen MR) is 80.3 cm³/mol. The maximum absolute atomic E-state index is 4.45. The topological polar surface area (TPSA) is 24.9 Å². The molecular weight excluding hydrogens is 232 g/mol. The molecule has 19 heavy (non-hydrogen) atoms. The Balaban J connectivity index is 1.77. The Hall–Kier alpha value is -1.41. The van der Waals surface area contributed by atoms with Crippen molar-refractivity contribution in [3.8, 4) is 0 Å². The lowest BCUT2D eigenvalue weighted by Crippen LogP contribution is -2.37. The van der Waals surface area contributed by atoms with Crippen molar-refractivity contribution in [2.45, 2.75) is 38.6 Å². The lowest BCUT2D eigenvalue weighted by molar-refractivity contribution is 0.414. The minimum absolute atomic E-state index is 0.216. The van der Waals surface area contributed by atoms with Gasteiger partial charge in [-0.1, -0.05) is 18.2 Å². The number of benzene rings is 1. The van der Waals surface area contributed by atoms with Gasteiger partial charge >= 0.3 is 0 Å². The number of pyridine rings is 1. The average molecular weight is 254 g/mol. The summed E-state index contributed by atoms with van der Waals surface area (Å²) in [6, 6.07) is 10.7. The highest BCUT2D eigenvalue weighted by Crippen LogP contribution is 2.48. The second-order valence-electron chi connectivity index (χ2n) is 6.65. The lowest BCUT2D eigenvalue weighted by Gasteiger charge is -2.20. The first-order valence-corrected chi connectivity index (χ1v) is 7.13. The zero-order chi connectivity index (χ0) is 13.5. The Bertz CT molecular complexity index is 578. The number of para-hydroxylation sites is 1. The molecule has 0 amide bonds. The zero-order valence-electron chi connectivity index (χ0n) is 12.0. The largest absolute Gasteiger partial charge is 0.312 e. The van der Waals surface area contributed by atoms with Gasteiger partial charge in [0.2, 0.25) is 0 Å². The Kier molecular flexibility index (Phi) is 3.06. The van der Waals surface area contributed by atoms with Gasteiger partial charge in [0.25, 0.3) is 0 Å². The summed E-state index contributed by atoms with van der Waals surface area (Å²) >= 11 is 0. The van der Waals surface area contributed by atoms with Crippen LogP contribution in [0.1, 0.15) is 38.7 Å². The number of nitrogens with one attached hydrogen (secondary N) is 1. The molecule has 2 atom stereocenters. The maximum Gasteiger partial charge on any atom is 0.0704 e. The standard InChI is InChI=1S/C17H22N2/c1-17(2,3)19-11-12-10-15(12)13-8-9-18-16-7-5-4-6-14(13)16/h4-9,12,15,19H,10-11H2,1-3H3. The van der Waals surface area contributed by atoms with E-state index in [4.69, 9.17) is 0 Å². The monoisotopic (exact) mass is 254 g/mol. The molecule has 1 aromatic carbocycles. The minimum atomic E-state index is 0.216. The second kappa shape index (κ2) is 4.61. The molecule has 2 aromatic rings. The molecule has 2 unspecified atom stereocenters. The van der Waals surface area contributed by atoms with E-state index in [9.17, 15) is 0 Å². The van der Waals surface area contributed by atoms with Gasteiger partial charge in [-0.2, -0.15) is 0 Å². The van der Waals surface area contributed by atoms with Crippen LogP contribution in [-0.4, -0.2) is 17.1 Å². The van der Waals surface area contributed by atoms with Crippen LogP contribution in [0.4, 0.5) is 0 Å². The fourth-order valence-electron chi connectivity index (χ4n) is 2.73. The highest BCUT2D eigenvalue weighted by atomic mass is 15.0. The third kappa shape index (κ3) is 2.79. The summed E-state index contributed by atoms with van der Waals surface area (Å²) in [7, 11) is 0. The molecule has 1 aliphatic carbocycles. The predicted octanol–water partition coefficient (Wildman–Crippen LogP) is 3.73. The van der Waals surface area contributed by atoms with Crippen molar-refractivity contribution >= 4 is 10.9 Å². The van der Waals surface area contributed by atoms with Crippen LogP contribution in [0.3, 0.4) is 0 Å². The highest BCUT2D eigenvalue weighted by molar-refractivity contribution is 5.82. The molecule has 0 saturated heterocycles. The van der Waals surface area contributed by atoms with Crippen LogP contribution in [0.5, 0.6) is 0 Å². The Morgan fingerprint density at radius 3 is 2.79 bits per heavy atom. The van der Waals surface area contributed by atoms with Gasteiger partial charge in [0.05, 0.1) is 5.52 Å². The van der Waals surface area contributed by atoms with Crippen molar-refractivity contribution in [2.75, 3.05) is 6.54 Å². The van der Waals surface area contributed by atoms with Gasteiger partial charge in [0.1, 0.15) is 0 Å². The molecule has 100 valence electrons. The average Bonchev–Trinajstić information content (AvgIpc) is 3.14. The fraction of sp³-hybridized carbons (Fsp3) is 0.471. The van der Waals surface area contributed by atoms with Gasteiger partial charge in [0, 0.05) is 17.1 Å². The van der Waals surface area contributed by atoms with Crippen LogP contribution in [0, 0.1) is 5.92 Å². The first-order valence-electron chi connectivity index (χ1n) is 7.13. The molecule has 2 nitrogen and oxygen atoms in total. The van der Waals surface area contributed by atoms with E-state index in [-0.39, 0.29) is 5.54 Å². The van der Waals surface area contributed by atoms with E-state index in [0.29, 0.717) is 5.92 Å². The Morgan fingerprint density at radius 1 is 1.21 bits per heavy atom.